The van der Waals surface area contributed by atoms with Gasteiger partial charge in [-0.25, -0.2) is 0 Å². The number of unbranched alkanes of at least 4 members (excludes halogenated alkanes) is 39. The predicted molar refractivity (Wildman–Crippen MR) is 257 cm³/mol. The molecule has 0 rings (SSSR count). The number of hydrogen-bond acceptors (Lipinski definition) is 6. The van der Waals surface area contributed by atoms with Gasteiger partial charge in [0.1, 0.15) is 13.2 Å². The van der Waals surface area contributed by atoms with Gasteiger partial charge in [-0.05, 0) is 19.3 Å². The molecule has 60 heavy (non-hydrogen) atoms. The maximum absolute atomic E-state index is 12.8. The van der Waals surface area contributed by atoms with E-state index in [9.17, 15) is 14.4 Å². The first kappa shape index (κ1) is 58.4. The Bertz CT molecular complexity index is 889. The van der Waals surface area contributed by atoms with Crippen LogP contribution in [0.15, 0.2) is 0 Å². The second-order valence-corrected chi connectivity index (χ2v) is 18.5. The Hall–Kier alpha value is -1.59. The summed E-state index contributed by atoms with van der Waals surface area (Å²) in [7, 11) is 0. The van der Waals surface area contributed by atoms with Crippen molar-refractivity contribution in [1.29, 1.82) is 0 Å². The number of rotatable bonds is 50. The van der Waals surface area contributed by atoms with Crippen LogP contribution in [0.1, 0.15) is 310 Å². The third-order valence-corrected chi connectivity index (χ3v) is 12.4. The molecule has 0 aromatic heterocycles. The molecule has 0 N–H and O–H groups in total. The minimum Gasteiger partial charge on any atom is -0.462 e. The van der Waals surface area contributed by atoms with Crippen LogP contribution in [0.25, 0.3) is 0 Å². The minimum atomic E-state index is -0.759. The van der Waals surface area contributed by atoms with Crippen molar-refractivity contribution in [3.8, 4) is 0 Å². The largest absolute Gasteiger partial charge is 0.462 e. The standard InChI is InChI=1S/C54H104O6/c1-4-7-10-13-16-19-22-25-27-28-30-33-36-39-42-45-48-54(57)60-51(49-58-52(55)46-43-40-37-34-31-24-21-18-15-12-9-6-3)50-59-53(56)47-44-41-38-35-32-29-26-23-20-17-14-11-8-5-2/h51H,4-50H2,1-3H3/t51-/m0/s1. The van der Waals surface area contributed by atoms with Crippen LogP contribution in [0.5, 0.6) is 0 Å². The van der Waals surface area contributed by atoms with Crippen LogP contribution in [0.2, 0.25) is 0 Å². The Morgan fingerprint density at radius 1 is 0.267 bits per heavy atom. The zero-order valence-electron chi connectivity index (χ0n) is 40.8. The predicted octanol–water partition coefficient (Wildman–Crippen LogP) is 17.6. The fraction of sp³-hybridized carbons (Fsp3) is 0.944. The Labute approximate surface area is 374 Å². The Kier molecular flexibility index (Phi) is 48.7. The molecule has 6 heteroatoms. The lowest BCUT2D eigenvalue weighted by molar-refractivity contribution is -0.167. The van der Waals surface area contributed by atoms with Crippen LogP contribution in [0.3, 0.4) is 0 Å². The zero-order valence-corrected chi connectivity index (χ0v) is 40.8. The molecule has 0 spiro atoms. The van der Waals surface area contributed by atoms with Gasteiger partial charge in [-0.1, -0.05) is 271 Å². The summed E-state index contributed by atoms with van der Waals surface area (Å²) in [6, 6.07) is 0. The molecule has 0 heterocycles. The molecule has 0 saturated heterocycles. The molecule has 0 amide bonds. The van der Waals surface area contributed by atoms with Gasteiger partial charge in [0.05, 0.1) is 0 Å². The lowest BCUT2D eigenvalue weighted by Crippen LogP contribution is -2.30. The van der Waals surface area contributed by atoms with E-state index in [0.717, 1.165) is 57.8 Å². The van der Waals surface area contributed by atoms with Crippen LogP contribution >= 0.6 is 0 Å². The van der Waals surface area contributed by atoms with Gasteiger partial charge in [-0.2, -0.15) is 0 Å². The highest BCUT2D eigenvalue weighted by Crippen LogP contribution is 2.17. The number of ether oxygens (including phenoxy) is 3. The molecule has 0 bridgehead atoms. The first-order valence-electron chi connectivity index (χ1n) is 27.0. The van der Waals surface area contributed by atoms with Crippen molar-refractivity contribution in [3.05, 3.63) is 0 Å². The van der Waals surface area contributed by atoms with Crippen LogP contribution in [0, 0.1) is 0 Å². The second-order valence-electron chi connectivity index (χ2n) is 18.5. The van der Waals surface area contributed by atoms with Crippen molar-refractivity contribution in [2.45, 2.75) is 316 Å². The molecule has 0 aromatic rings. The monoisotopic (exact) mass is 849 g/mol. The third-order valence-electron chi connectivity index (χ3n) is 12.4. The van der Waals surface area contributed by atoms with Crippen LogP contribution in [-0.2, 0) is 28.6 Å². The van der Waals surface area contributed by atoms with Gasteiger partial charge >= 0.3 is 17.9 Å². The highest BCUT2D eigenvalue weighted by atomic mass is 16.6. The van der Waals surface area contributed by atoms with Crippen molar-refractivity contribution < 1.29 is 28.6 Å². The van der Waals surface area contributed by atoms with Crippen LogP contribution in [0.4, 0.5) is 0 Å². The van der Waals surface area contributed by atoms with E-state index >= 15 is 0 Å². The Morgan fingerprint density at radius 3 is 0.667 bits per heavy atom. The SMILES string of the molecule is CCCCCCCCCCCCCCCCCCC(=O)O[C@@H](COC(=O)CCCCCCCCCCCCCC)COC(=O)CCCCCCCCCCCCCCCC. The van der Waals surface area contributed by atoms with Crippen molar-refractivity contribution in [2.75, 3.05) is 13.2 Å². The van der Waals surface area contributed by atoms with Crippen LogP contribution in [-0.4, -0.2) is 37.2 Å². The van der Waals surface area contributed by atoms with E-state index in [2.05, 4.69) is 20.8 Å². The molecule has 0 fully saturated rings. The van der Waals surface area contributed by atoms with E-state index in [4.69, 9.17) is 14.2 Å². The number of carbonyl (C=O) groups is 3. The highest BCUT2D eigenvalue weighted by Gasteiger charge is 2.19. The molecule has 6 nitrogen and oxygen atoms in total. The number of carbonyl (C=O) groups excluding carboxylic acids is 3. The number of hydrogen-bond donors (Lipinski definition) is 0. The van der Waals surface area contributed by atoms with Gasteiger partial charge in [-0.3, -0.25) is 14.4 Å². The molecule has 0 aliphatic rings. The molecule has 0 aromatic carbocycles. The molecule has 356 valence electrons. The summed E-state index contributed by atoms with van der Waals surface area (Å²) >= 11 is 0. The molecule has 0 unspecified atom stereocenters. The summed E-state index contributed by atoms with van der Waals surface area (Å²) in [5.74, 6) is -0.837. The maximum Gasteiger partial charge on any atom is 0.306 e. The van der Waals surface area contributed by atoms with Gasteiger partial charge in [0.25, 0.3) is 0 Å². The molecule has 1 atom stereocenters. The molecule has 0 radical (unpaired) electrons. The molecule has 0 saturated carbocycles. The number of esters is 3. The third kappa shape index (κ3) is 47.5. The Balaban J connectivity index is 4.29. The summed E-state index contributed by atoms with van der Waals surface area (Å²) in [5.41, 5.74) is 0. The molecule has 0 aliphatic heterocycles. The van der Waals surface area contributed by atoms with Gasteiger partial charge in [-0.15, -0.1) is 0 Å². The maximum atomic E-state index is 12.8. The topological polar surface area (TPSA) is 78.9 Å². The lowest BCUT2D eigenvalue weighted by atomic mass is 10.0. The van der Waals surface area contributed by atoms with Crippen molar-refractivity contribution in [3.63, 3.8) is 0 Å². The van der Waals surface area contributed by atoms with Crippen LogP contribution < -0.4 is 0 Å². The van der Waals surface area contributed by atoms with E-state index < -0.39 is 6.10 Å². The Morgan fingerprint density at radius 2 is 0.450 bits per heavy atom. The zero-order chi connectivity index (χ0) is 43.7. The van der Waals surface area contributed by atoms with Gasteiger partial charge < -0.3 is 14.2 Å². The van der Waals surface area contributed by atoms with Crippen molar-refractivity contribution in [2.24, 2.45) is 0 Å². The average molecular weight is 849 g/mol. The van der Waals surface area contributed by atoms with E-state index in [0.29, 0.717) is 19.3 Å². The van der Waals surface area contributed by atoms with Gasteiger partial charge in [0, 0.05) is 19.3 Å². The average Bonchev–Trinajstić information content (AvgIpc) is 3.24. The van der Waals surface area contributed by atoms with E-state index in [-0.39, 0.29) is 31.1 Å². The summed E-state index contributed by atoms with van der Waals surface area (Å²) in [4.78, 5) is 38.0. The molecular formula is C54H104O6. The fourth-order valence-electron chi connectivity index (χ4n) is 8.27. The first-order valence-corrected chi connectivity index (χ1v) is 27.0. The van der Waals surface area contributed by atoms with Gasteiger partial charge in [0.15, 0.2) is 6.10 Å². The lowest BCUT2D eigenvalue weighted by Gasteiger charge is -2.18. The minimum absolute atomic E-state index is 0.0615. The van der Waals surface area contributed by atoms with Gasteiger partial charge in [0.2, 0.25) is 0 Å². The summed E-state index contributed by atoms with van der Waals surface area (Å²) in [6.07, 6.45) is 53.7. The first-order chi connectivity index (χ1) is 29.5. The van der Waals surface area contributed by atoms with E-state index in [1.165, 1.54) is 212 Å². The smallest absolute Gasteiger partial charge is 0.306 e. The fourth-order valence-corrected chi connectivity index (χ4v) is 8.27. The summed E-state index contributed by atoms with van der Waals surface area (Å²) < 4.78 is 16.8. The highest BCUT2D eigenvalue weighted by molar-refractivity contribution is 5.71. The van der Waals surface area contributed by atoms with Crippen molar-refractivity contribution >= 4 is 17.9 Å². The quantitative estimate of drug-likeness (QED) is 0.0345. The molecule has 0 aliphatic carbocycles. The normalized spacial score (nSPS) is 11.8. The van der Waals surface area contributed by atoms with Crippen molar-refractivity contribution in [1.82, 2.24) is 0 Å². The van der Waals surface area contributed by atoms with E-state index in [1.807, 2.05) is 0 Å². The molecular weight excluding hydrogens is 745 g/mol. The second kappa shape index (κ2) is 50.1. The summed E-state index contributed by atoms with van der Waals surface area (Å²) in [6.45, 7) is 6.69. The van der Waals surface area contributed by atoms with E-state index in [1.54, 1.807) is 0 Å². The summed E-state index contributed by atoms with van der Waals surface area (Å²) in [5, 5.41) is 0.